The van der Waals surface area contributed by atoms with Crippen molar-refractivity contribution >= 4 is 18.3 Å². The summed E-state index contributed by atoms with van der Waals surface area (Å²) in [6, 6.07) is 3.53. The lowest BCUT2D eigenvalue weighted by molar-refractivity contribution is 0.152. The second-order valence-corrected chi connectivity index (χ2v) is 2.56. The van der Waals surface area contributed by atoms with Gasteiger partial charge in [-0.25, -0.2) is 8.78 Å². The highest BCUT2D eigenvalue weighted by Crippen LogP contribution is 2.18. The Kier molecular flexibility index (Phi) is 2.85. The lowest BCUT2D eigenvalue weighted by Crippen LogP contribution is -2.33. The maximum Gasteiger partial charge on any atom is 0.488 e. The van der Waals surface area contributed by atoms with Crippen molar-refractivity contribution in [1.29, 1.82) is 0 Å². The van der Waals surface area contributed by atoms with Gasteiger partial charge in [0.05, 0.1) is 0 Å². The van der Waals surface area contributed by atoms with E-state index >= 15 is 0 Å². The van der Waals surface area contributed by atoms with Crippen LogP contribution < -0.4 is 11.2 Å². The molecule has 0 saturated heterocycles. The summed E-state index contributed by atoms with van der Waals surface area (Å²) in [4.78, 5) is 0. The summed E-state index contributed by atoms with van der Waals surface area (Å²) >= 11 is 0. The third-order valence-corrected chi connectivity index (χ3v) is 1.62. The second-order valence-electron chi connectivity index (χ2n) is 2.56. The molecule has 1 rings (SSSR count). The molecule has 0 aliphatic heterocycles. The van der Waals surface area contributed by atoms with E-state index in [-0.39, 0.29) is 11.2 Å². The van der Waals surface area contributed by atoms with Crippen molar-refractivity contribution in [3.05, 3.63) is 23.8 Å². The van der Waals surface area contributed by atoms with E-state index in [4.69, 9.17) is 15.8 Å². The Morgan fingerprint density at radius 3 is 2.38 bits per heavy atom. The molecule has 0 aliphatic carbocycles. The van der Waals surface area contributed by atoms with E-state index in [1.807, 2.05) is 0 Å². The Labute approximate surface area is 73.9 Å². The van der Waals surface area contributed by atoms with Gasteiger partial charge in [0.25, 0.3) is 6.43 Å². The van der Waals surface area contributed by atoms with Crippen LogP contribution in [0.2, 0.25) is 0 Å². The van der Waals surface area contributed by atoms with Crippen molar-refractivity contribution in [1.82, 2.24) is 0 Å². The number of nitrogens with two attached hydrogens (primary N) is 1. The van der Waals surface area contributed by atoms with Crippen molar-refractivity contribution in [2.45, 2.75) is 6.43 Å². The Morgan fingerprint density at radius 1 is 1.31 bits per heavy atom. The van der Waals surface area contributed by atoms with Gasteiger partial charge in [0.1, 0.15) is 0 Å². The van der Waals surface area contributed by atoms with Crippen molar-refractivity contribution in [2.24, 2.45) is 0 Å². The number of anilines is 1. The number of alkyl halides is 2. The summed E-state index contributed by atoms with van der Waals surface area (Å²) in [5.41, 5.74) is 4.77. The highest BCUT2D eigenvalue weighted by molar-refractivity contribution is 6.59. The molecular formula is C7H8BF2NO2. The molecule has 0 bridgehead atoms. The molecule has 0 radical (unpaired) electrons. The second kappa shape index (κ2) is 3.72. The number of hydrogen-bond donors (Lipinski definition) is 3. The van der Waals surface area contributed by atoms with Crippen LogP contribution in [-0.4, -0.2) is 17.2 Å². The summed E-state index contributed by atoms with van der Waals surface area (Å²) in [7, 11) is -1.90. The third kappa shape index (κ3) is 2.16. The van der Waals surface area contributed by atoms with Crippen molar-refractivity contribution < 1.29 is 18.8 Å². The molecule has 0 unspecified atom stereocenters. The highest BCUT2D eigenvalue weighted by Gasteiger charge is 2.21. The maximum absolute atomic E-state index is 12.3. The number of benzene rings is 1. The van der Waals surface area contributed by atoms with E-state index in [1.54, 1.807) is 0 Å². The van der Waals surface area contributed by atoms with Crippen LogP contribution in [0.1, 0.15) is 12.0 Å². The molecule has 0 aromatic heterocycles. The van der Waals surface area contributed by atoms with Gasteiger partial charge in [0.2, 0.25) is 0 Å². The minimum atomic E-state index is -2.76. The molecule has 1 aromatic carbocycles. The van der Waals surface area contributed by atoms with Crippen LogP contribution in [0.4, 0.5) is 14.5 Å². The zero-order valence-corrected chi connectivity index (χ0v) is 6.61. The van der Waals surface area contributed by atoms with Crippen LogP contribution in [-0.2, 0) is 0 Å². The smallest absolute Gasteiger partial charge is 0.423 e. The predicted molar refractivity (Wildman–Crippen MR) is 45.6 cm³/mol. The van der Waals surface area contributed by atoms with Crippen molar-refractivity contribution in [2.75, 3.05) is 5.73 Å². The van der Waals surface area contributed by atoms with Gasteiger partial charge in [-0.05, 0) is 17.6 Å². The summed E-state index contributed by atoms with van der Waals surface area (Å²) in [6.07, 6.45) is -2.76. The minimum Gasteiger partial charge on any atom is -0.423 e. The fourth-order valence-corrected chi connectivity index (χ4v) is 1.02. The van der Waals surface area contributed by atoms with Gasteiger partial charge < -0.3 is 15.8 Å². The van der Waals surface area contributed by atoms with Crippen LogP contribution in [0.15, 0.2) is 18.2 Å². The number of hydrogen-bond acceptors (Lipinski definition) is 3. The fraction of sp³-hybridized carbons (Fsp3) is 0.143. The minimum absolute atomic E-state index is 0.166. The van der Waals surface area contributed by atoms with Gasteiger partial charge in [-0.1, -0.05) is 6.07 Å². The van der Waals surface area contributed by atoms with Crippen LogP contribution in [0, 0.1) is 0 Å². The van der Waals surface area contributed by atoms with E-state index in [9.17, 15) is 8.78 Å². The first-order valence-corrected chi connectivity index (χ1v) is 3.56. The Balaban J connectivity index is 3.19. The zero-order valence-electron chi connectivity index (χ0n) is 6.61. The molecule has 70 valence electrons. The molecule has 6 heteroatoms. The molecule has 0 amide bonds. The Bertz CT molecular complexity index is 307. The average molecular weight is 187 g/mol. The standard InChI is InChI=1S/C7H8BF2NO2/c9-7(10)5-3-4(11)1-2-6(5)8(12)13/h1-3,7,12-13H,11H2. The predicted octanol–water partition coefficient (Wildman–Crippen LogP) is -0.114. The maximum atomic E-state index is 12.3. The first-order valence-electron chi connectivity index (χ1n) is 3.56. The van der Waals surface area contributed by atoms with E-state index in [2.05, 4.69) is 0 Å². The van der Waals surface area contributed by atoms with E-state index in [0.29, 0.717) is 0 Å². The molecule has 0 atom stereocenters. The lowest BCUT2D eigenvalue weighted by atomic mass is 9.77. The topological polar surface area (TPSA) is 66.5 Å². The molecule has 0 heterocycles. The van der Waals surface area contributed by atoms with Gasteiger partial charge in [-0.15, -0.1) is 0 Å². The SMILES string of the molecule is Nc1ccc(B(O)O)c(C(F)F)c1. The summed E-state index contributed by atoms with van der Waals surface area (Å²) in [5, 5.41) is 17.5. The van der Waals surface area contributed by atoms with E-state index < -0.39 is 19.1 Å². The first-order chi connectivity index (χ1) is 6.02. The molecule has 13 heavy (non-hydrogen) atoms. The molecular weight excluding hydrogens is 179 g/mol. The quantitative estimate of drug-likeness (QED) is 0.446. The number of rotatable bonds is 2. The number of nitrogen functional groups attached to an aromatic ring is 1. The van der Waals surface area contributed by atoms with Gasteiger partial charge in [0, 0.05) is 11.3 Å². The molecule has 0 aliphatic rings. The van der Waals surface area contributed by atoms with E-state index in [1.165, 1.54) is 12.1 Å². The summed E-state index contributed by atoms with van der Waals surface area (Å²) < 4.78 is 24.6. The van der Waals surface area contributed by atoms with Gasteiger partial charge in [0.15, 0.2) is 0 Å². The molecule has 0 fully saturated rings. The van der Waals surface area contributed by atoms with Crippen LogP contribution in [0.3, 0.4) is 0 Å². The largest absolute Gasteiger partial charge is 0.488 e. The van der Waals surface area contributed by atoms with Crippen LogP contribution >= 0.6 is 0 Å². The summed E-state index contributed by atoms with van der Waals surface area (Å²) in [6.45, 7) is 0. The highest BCUT2D eigenvalue weighted by atomic mass is 19.3. The lowest BCUT2D eigenvalue weighted by Gasteiger charge is -2.08. The third-order valence-electron chi connectivity index (χ3n) is 1.62. The Morgan fingerprint density at radius 2 is 1.92 bits per heavy atom. The van der Waals surface area contributed by atoms with Crippen molar-refractivity contribution in [3.63, 3.8) is 0 Å². The molecule has 1 aromatic rings. The van der Waals surface area contributed by atoms with Crippen LogP contribution in [0.5, 0.6) is 0 Å². The Hall–Kier alpha value is -1.14. The summed E-state index contributed by atoms with van der Waals surface area (Å²) in [5.74, 6) is 0. The number of halogens is 2. The zero-order chi connectivity index (χ0) is 10.0. The first kappa shape index (κ1) is 9.95. The van der Waals surface area contributed by atoms with Gasteiger partial charge in [-0.2, -0.15) is 0 Å². The molecule has 3 nitrogen and oxygen atoms in total. The average Bonchev–Trinajstić information content (AvgIpc) is 2.03. The van der Waals surface area contributed by atoms with Gasteiger partial charge >= 0.3 is 7.12 Å². The van der Waals surface area contributed by atoms with E-state index in [0.717, 1.165) is 6.07 Å². The van der Waals surface area contributed by atoms with Gasteiger partial charge in [-0.3, -0.25) is 0 Å². The fourth-order valence-electron chi connectivity index (χ4n) is 1.02. The van der Waals surface area contributed by atoms with Crippen molar-refractivity contribution in [3.8, 4) is 0 Å². The van der Waals surface area contributed by atoms with Crippen LogP contribution in [0.25, 0.3) is 0 Å². The molecule has 0 saturated carbocycles. The normalized spacial score (nSPS) is 10.5. The molecule has 4 N–H and O–H groups in total. The monoisotopic (exact) mass is 187 g/mol. The molecule has 0 spiro atoms.